The Kier molecular flexibility index (Phi) is 5.62. The predicted molar refractivity (Wildman–Crippen MR) is 124 cm³/mol. The molecule has 1 aromatic heterocycles. The van der Waals surface area contributed by atoms with Crippen LogP contribution in [-0.4, -0.2) is 58.7 Å². The first kappa shape index (κ1) is 20.6. The van der Waals surface area contributed by atoms with Gasteiger partial charge in [-0.15, -0.1) is 0 Å². The molecule has 2 aromatic carbocycles. The van der Waals surface area contributed by atoms with Gasteiger partial charge in [-0.3, -0.25) is 4.79 Å². The van der Waals surface area contributed by atoms with E-state index in [1.165, 1.54) is 12.1 Å². The number of rotatable bonds is 3. The summed E-state index contributed by atoms with van der Waals surface area (Å²) in [5.74, 6) is -0.292. The Morgan fingerprint density at radius 3 is 2.41 bits per heavy atom. The lowest BCUT2D eigenvalue weighted by Gasteiger charge is -2.32. The number of hydrogen-bond acceptors (Lipinski definition) is 3. The lowest BCUT2D eigenvalue weighted by Crippen LogP contribution is -2.47. The lowest BCUT2D eigenvalue weighted by molar-refractivity contribution is 0.0656. The van der Waals surface area contributed by atoms with Gasteiger partial charge >= 0.3 is 0 Å². The first-order valence-electron chi connectivity index (χ1n) is 11.2. The average Bonchev–Trinajstić information content (AvgIpc) is 3.21. The largest absolute Gasteiger partial charge is 0.335 e. The maximum Gasteiger partial charge on any atom is 0.274 e. The van der Waals surface area contributed by atoms with E-state index in [-0.39, 0.29) is 11.7 Å². The van der Waals surface area contributed by atoms with Crippen LogP contribution in [0.2, 0.25) is 0 Å². The van der Waals surface area contributed by atoms with Crippen molar-refractivity contribution >= 4 is 17.6 Å². The van der Waals surface area contributed by atoms with Gasteiger partial charge in [0.2, 0.25) is 0 Å². The highest BCUT2D eigenvalue weighted by atomic mass is 19.1. The highest BCUT2D eigenvalue weighted by Crippen LogP contribution is 2.36. The monoisotopic (exact) mass is 430 g/mol. The molecule has 0 N–H and O–H groups in total. The molecular formula is C26H27FN4O. The Hall–Kier alpha value is -3.25. The third kappa shape index (κ3) is 3.98. The summed E-state index contributed by atoms with van der Waals surface area (Å²) in [7, 11) is 2.08. The van der Waals surface area contributed by atoms with Gasteiger partial charge in [0, 0.05) is 31.7 Å². The molecule has 0 unspecified atom stereocenters. The molecule has 1 fully saturated rings. The van der Waals surface area contributed by atoms with Crippen LogP contribution >= 0.6 is 0 Å². The third-order valence-electron chi connectivity index (χ3n) is 6.37. The number of carbonyl (C=O) groups excluding carboxylic acids is 1. The summed E-state index contributed by atoms with van der Waals surface area (Å²) in [6, 6.07) is 16.5. The van der Waals surface area contributed by atoms with Crippen LogP contribution in [0.15, 0.2) is 54.6 Å². The Morgan fingerprint density at radius 1 is 0.969 bits per heavy atom. The summed E-state index contributed by atoms with van der Waals surface area (Å²) < 4.78 is 15.4. The summed E-state index contributed by atoms with van der Waals surface area (Å²) in [6.07, 6.45) is 4.89. The van der Waals surface area contributed by atoms with Crippen LogP contribution in [0.1, 0.15) is 40.2 Å². The molecule has 0 bridgehead atoms. The van der Waals surface area contributed by atoms with Gasteiger partial charge in [0.25, 0.3) is 5.91 Å². The van der Waals surface area contributed by atoms with Crippen LogP contribution < -0.4 is 0 Å². The Morgan fingerprint density at radius 2 is 1.69 bits per heavy atom. The predicted octanol–water partition coefficient (Wildman–Crippen LogP) is 4.28. The van der Waals surface area contributed by atoms with Crippen molar-refractivity contribution in [2.45, 2.75) is 19.3 Å². The fraction of sp³-hybridized carbons (Fsp3) is 0.308. The number of halogens is 1. The molecule has 0 atom stereocenters. The standard InChI is InChI=1S/C26H27FN4O/c1-29-14-16-30(17-15-29)26(32)24-23-9-5-8-20(18-19-6-3-2-4-7-19)25(23)31(28-24)22-12-10-21(27)11-13-22/h2-4,6-7,10-13,18H,5,8-9,14-17H2,1H3/b20-18-. The minimum absolute atomic E-state index is 0.00354. The second-order valence-electron chi connectivity index (χ2n) is 8.59. The van der Waals surface area contributed by atoms with E-state index in [1.807, 2.05) is 27.8 Å². The van der Waals surface area contributed by atoms with Gasteiger partial charge in [-0.2, -0.15) is 5.10 Å². The number of allylic oxidation sites excluding steroid dienone is 1. The van der Waals surface area contributed by atoms with Crippen molar-refractivity contribution < 1.29 is 9.18 Å². The van der Waals surface area contributed by atoms with E-state index in [2.05, 4.69) is 30.2 Å². The Bertz CT molecular complexity index is 1140. The summed E-state index contributed by atoms with van der Waals surface area (Å²) in [5, 5.41) is 4.83. The number of benzene rings is 2. The van der Waals surface area contributed by atoms with Crippen molar-refractivity contribution in [1.82, 2.24) is 19.6 Å². The number of carbonyl (C=O) groups is 1. The molecule has 0 radical (unpaired) electrons. The van der Waals surface area contributed by atoms with Gasteiger partial charge in [-0.1, -0.05) is 30.3 Å². The van der Waals surface area contributed by atoms with Gasteiger partial charge < -0.3 is 9.80 Å². The van der Waals surface area contributed by atoms with Crippen LogP contribution in [0.5, 0.6) is 0 Å². The second-order valence-corrected chi connectivity index (χ2v) is 8.59. The third-order valence-corrected chi connectivity index (χ3v) is 6.37. The molecule has 1 aliphatic heterocycles. The molecule has 2 heterocycles. The molecule has 6 heteroatoms. The van der Waals surface area contributed by atoms with Crippen molar-refractivity contribution in [2.75, 3.05) is 33.2 Å². The van der Waals surface area contributed by atoms with Crippen molar-refractivity contribution in [3.8, 4) is 5.69 Å². The van der Waals surface area contributed by atoms with E-state index in [0.717, 1.165) is 60.4 Å². The average molecular weight is 431 g/mol. The number of amides is 1. The second kappa shape index (κ2) is 8.71. The van der Waals surface area contributed by atoms with E-state index in [1.54, 1.807) is 12.1 Å². The molecule has 1 aliphatic carbocycles. The maximum absolute atomic E-state index is 13.6. The van der Waals surface area contributed by atoms with E-state index in [0.29, 0.717) is 18.8 Å². The van der Waals surface area contributed by atoms with Crippen molar-refractivity contribution in [2.24, 2.45) is 0 Å². The normalized spacial score (nSPS) is 18.1. The number of piperazine rings is 1. The van der Waals surface area contributed by atoms with Gasteiger partial charge in [0.05, 0.1) is 11.4 Å². The molecule has 0 spiro atoms. The van der Waals surface area contributed by atoms with Crippen molar-refractivity contribution in [1.29, 1.82) is 0 Å². The SMILES string of the molecule is CN1CCN(C(=O)c2nn(-c3ccc(F)cc3)c3c2CCC/C3=C/c2ccccc2)CC1. The molecule has 5 nitrogen and oxygen atoms in total. The van der Waals surface area contributed by atoms with E-state index < -0.39 is 0 Å². The van der Waals surface area contributed by atoms with E-state index >= 15 is 0 Å². The summed E-state index contributed by atoms with van der Waals surface area (Å²) >= 11 is 0. The molecule has 2 aliphatic rings. The van der Waals surface area contributed by atoms with Crippen LogP contribution in [0.4, 0.5) is 4.39 Å². The Balaban J connectivity index is 1.62. The van der Waals surface area contributed by atoms with Crippen LogP contribution in [0.3, 0.4) is 0 Å². The van der Waals surface area contributed by atoms with Gasteiger partial charge in [-0.25, -0.2) is 9.07 Å². The fourth-order valence-electron chi connectivity index (χ4n) is 4.58. The maximum atomic E-state index is 13.6. The van der Waals surface area contributed by atoms with Crippen LogP contribution in [0, 0.1) is 5.82 Å². The van der Waals surface area contributed by atoms with Crippen LogP contribution in [-0.2, 0) is 6.42 Å². The number of nitrogens with zero attached hydrogens (tertiary/aromatic N) is 4. The smallest absolute Gasteiger partial charge is 0.274 e. The van der Waals surface area contributed by atoms with Gasteiger partial charge in [0.1, 0.15) is 5.82 Å². The molecular weight excluding hydrogens is 403 g/mol. The lowest BCUT2D eigenvalue weighted by atomic mass is 9.89. The molecule has 1 saturated heterocycles. The highest BCUT2D eigenvalue weighted by molar-refractivity contribution is 5.96. The first-order valence-corrected chi connectivity index (χ1v) is 11.2. The number of aromatic nitrogens is 2. The van der Waals surface area contributed by atoms with E-state index in [4.69, 9.17) is 5.10 Å². The molecule has 1 amide bonds. The summed E-state index contributed by atoms with van der Waals surface area (Å²) in [6.45, 7) is 3.15. The van der Waals surface area contributed by atoms with Gasteiger partial charge in [0.15, 0.2) is 5.69 Å². The summed E-state index contributed by atoms with van der Waals surface area (Å²) in [5.41, 5.74) is 5.56. The quantitative estimate of drug-likeness (QED) is 0.623. The van der Waals surface area contributed by atoms with E-state index in [9.17, 15) is 9.18 Å². The Labute approximate surface area is 187 Å². The van der Waals surface area contributed by atoms with Crippen molar-refractivity contribution in [3.05, 3.63) is 82.9 Å². The zero-order chi connectivity index (χ0) is 22.1. The number of hydrogen-bond donors (Lipinski definition) is 0. The van der Waals surface area contributed by atoms with Gasteiger partial charge in [-0.05, 0) is 67.8 Å². The molecule has 164 valence electrons. The molecule has 3 aromatic rings. The highest BCUT2D eigenvalue weighted by Gasteiger charge is 2.31. The zero-order valence-electron chi connectivity index (χ0n) is 18.3. The fourth-order valence-corrected chi connectivity index (χ4v) is 4.58. The molecule has 0 saturated carbocycles. The minimum atomic E-state index is -0.288. The summed E-state index contributed by atoms with van der Waals surface area (Å²) in [4.78, 5) is 17.6. The number of fused-ring (bicyclic) bond motifs is 1. The molecule has 5 rings (SSSR count). The zero-order valence-corrected chi connectivity index (χ0v) is 18.3. The topological polar surface area (TPSA) is 41.4 Å². The molecule has 32 heavy (non-hydrogen) atoms. The number of likely N-dealkylation sites (N-methyl/N-ethyl adjacent to an activating group) is 1. The minimum Gasteiger partial charge on any atom is -0.335 e. The van der Waals surface area contributed by atoms with Crippen LogP contribution in [0.25, 0.3) is 17.3 Å². The first-order chi connectivity index (χ1) is 15.6. The van der Waals surface area contributed by atoms with Crippen molar-refractivity contribution in [3.63, 3.8) is 0 Å².